The van der Waals surface area contributed by atoms with Crippen LogP contribution in [0.1, 0.15) is 40.0 Å². The number of carbonyl (C=O) groups excluding carboxylic acids is 3. The summed E-state index contributed by atoms with van der Waals surface area (Å²) in [4.78, 5) is 39.0. The lowest BCUT2D eigenvalue weighted by Crippen LogP contribution is -2.41. The third-order valence-electron chi connectivity index (χ3n) is 5.26. The second-order valence-corrected chi connectivity index (χ2v) is 13.7. The zero-order chi connectivity index (χ0) is 24.0. The number of hydroxylamine groups is 2. The second-order valence-electron chi connectivity index (χ2n) is 8.85. The smallest absolute Gasteiger partial charge is 0.335 e. The number of amides is 2. The van der Waals surface area contributed by atoms with Crippen LogP contribution in [0.3, 0.4) is 0 Å². The van der Waals surface area contributed by atoms with Crippen LogP contribution in [0.25, 0.3) is 0 Å². The number of carbonyl (C=O) groups is 3. The minimum absolute atomic E-state index is 0.0545. The normalized spacial score (nSPS) is 15.0. The molecular formula is C21H39NO9Si. The van der Waals surface area contributed by atoms with E-state index in [1.807, 2.05) is 0 Å². The van der Waals surface area contributed by atoms with Crippen LogP contribution < -0.4 is 0 Å². The number of nitrogens with zero attached hydrogens (tertiary/aromatic N) is 1. The number of imide groups is 1. The Balaban J connectivity index is 1.84. The van der Waals surface area contributed by atoms with Gasteiger partial charge in [0.1, 0.15) is 0 Å². The average molecular weight is 478 g/mol. The van der Waals surface area contributed by atoms with Crippen molar-refractivity contribution in [2.75, 3.05) is 59.5 Å². The van der Waals surface area contributed by atoms with Crippen molar-refractivity contribution in [1.82, 2.24) is 5.06 Å². The minimum Gasteiger partial charge on any atom is -0.414 e. The van der Waals surface area contributed by atoms with Gasteiger partial charge >= 0.3 is 5.97 Å². The number of ether oxygens (including phenoxy) is 4. The summed E-state index contributed by atoms with van der Waals surface area (Å²) in [5.41, 5.74) is 0. The quantitative estimate of drug-likeness (QED) is 0.177. The van der Waals surface area contributed by atoms with E-state index < -0.39 is 26.1 Å². The molecule has 32 heavy (non-hydrogen) atoms. The van der Waals surface area contributed by atoms with Gasteiger partial charge in [0.25, 0.3) is 11.8 Å². The van der Waals surface area contributed by atoms with Gasteiger partial charge in [-0.3, -0.25) is 9.59 Å². The van der Waals surface area contributed by atoms with Gasteiger partial charge in [-0.05, 0) is 18.1 Å². The summed E-state index contributed by atoms with van der Waals surface area (Å²) in [7, 11) is -1.71. The fourth-order valence-corrected chi connectivity index (χ4v) is 3.32. The molecule has 0 atom stereocenters. The average Bonchev–Trinajstić information content (AvgIpc) is 3.02. The van der Waals surface area contributed by atoms with Crippen LogP contribution in [0.5, 0.6) is 0 Å². The van der Waals surface area contributed by atoms with Crippen LogP contribution in [0, 0.1) is 0 Å². The van der Waals surface area contributed by atoms with Crippen molar-refractivity contribution in [3.8, 4) is 0 Å². The molecule has 10 nitrogen and oxygen atoms in total. The molecule has 1 aliphatic rings. The van der Waals surface area contributed by atoms with E-state index in [1.54, 1.807) is 0 Å². The molecule has 0 N–H and O–H groups in total. The van der Waals surface area contributed by atoms with E-state index in [-0.39, 0.29) is 30.9 Å². The molecular weight excluding hydrogens is 438 g/mol. The van der Waals surface area contributed by atoms with Gasteiger partial charge < -0.3 is 28.2 Å². The summed E-state index contributed by atoms with van der Waals surface area (Å²) < 4.78 is 27.6. The predicted molar refractivity (Wildman–Crippen MR) is 118 cm³/mol. The topological polar surface area (TPSA) is 110 Å². The molecule has 0 aromatic carbocycles. The highest BCUT2D eigenvalue weighted by molar-refractivity contribution is 6.74. The third kappa shape index (κ3) is 11.5. The molecule has 0 saturated carbocycles. The molecule has 0 unspecified atom stereocenters. The lowest BCUT2D eigenvalue weighted by Gasteiger charge is -2.36. The van der Waals surface area contributed by atoms with E-state index in [9.17, 15) is 14.4 Å². The largest absolute Gasteiger partial charge is 0.414 e. The summed E-state index contributed by atoms with van der Waals surface area (Å²) in [6.45, 7) is 14.9. The monoisotopic (exact) mass is 477 g/mol. The highest BCUT2D eigenvalue weighted by Gasteiger charge is 2.36. The molecule has 0 radical (unpaired) electrons. The van der Waals surface area contributed by atoms with Crippen molar-refractivity contribution in [3.05, 3.63) is 0 Å². The van der Waals surface area contributed by atoms with Crippen LogP contribution in [0.2, 0.25) is 18.1 Å². The van der Waals surface area contributed by atoms with Crippen molar-refractivity contribution in [1.29, 1.82) is 0 Å². The first kappa shape index (κ1) is 28.7. The molecule has 1 heterocycles. The molecule has 0 aromatic heterocycles. The SMILES string of the molecule is CC(C)(C)[Si](C)(C)OCCOCCOCCOCCOCCC(=O)ON1C(=O)CCC1=O. The fraction of sp³-hybridized carbons (Fsp3) is 0.857. The van der Waals surface area contributed by atoms with Gasteiger partial charge in [0.05, 0.1) is 65.9 Å². The van der Waals surface area contributed by atoms with Gasteiger partial charge in [-0.15, -0.1) is 5.06 Å². The van der Waals surface area contributed by atoms with Gasteiger partial charge in [-0.1, -0.05) is 20.8 Å². The van der Waals surface area contributed by atoms with Crippen LogP contribution in [-0.4, -0.2) is 90.6 Å². The molecule has 0 spiro atoms. The Hall–Kier alpha value is -1.37. The Morgan fingerprint density at radius 3 is 1.62 bits per heavy atom. The third-order valence-corrected chi connectivity index (χ3v) is 9.80. The first-order valence-corrected chi connectivity index (χ1v) is 14.0. The van der Waals surface area contributed by atoms with E-state index in [0.717, 1.165) is 0 Å². The van der Waals surface area contributed by atoms with E-state index >= 15 is 0 Å². The zero-order valence-electron chi connectivity index (χ0n) is 20.1. The molecule has 2 amide bonds. The Labute approximate surface area is 191 Å². The molecule has 0 aromatic rings. The maximum absolute atomic E-state index is 11.6. The highest BCUT2D eigenvalue weighted by Crippen LogP contribution is 2.36. The molecule has 1 saturated heterocycles. The molecule has 11 heteroatoms. The van der Waals surface area contributed by atoms with Crippen molar-refractivity contribution in [2.24, 2.45) is 0 Å². The Kier molecular flexibility index (Phi) is 13.2. The zero-order valence-corrected chi connectivity index (χ0v) is 21.1. The summed E-state index contributed by atoms with van der Waals surface area (Å²) in [6.07, 6.45) is 0.0905. The highest BCUT2D eigenvalue weighted by atomic mass is 28.4. The Bertz CT molecular complexity index is 576. The molecule has 0 bridgehead atoms. The van der Waals surface area contributed by atoms with Gasteiger partial charge in [0, 0.05) is 12.8 Å². The van der Waals surface area contributed by atoms with Crippen molar-refractivity contribution in [3.63, 3.8) is 0 Å². The first-order chi connectivity index (χ1) is 15.0. The molecule has 1 fully saturated rings. The fourth-order valence-electron chi connectivity index (χ4n) is 2.29. The number of rotatable bonds is 17. The first-order valence-electron chi connectivity index (χ1n) is 11.1. The van der Waals surface area contributed by atoms with Gasteiger partial charge in [-0.25, -0.2) is 4.79 Å². The molecule has 0 aliphatic carbocycles. The van der Waals surface area contributed by atoms with E-state index in [4.69, 9.17) is 28.2 Å². The molecule has 1 aliphatic heterocycles. The van der Waals surface area contributed by atoms with E-state index in [0.29, 0.717) is 57.9 Å². The van der Waals surface area contributed by atoms with Crippen LogP contribution in [0.4, 0.5) is 0 Å². The number of hydrogen-bond acceptors (Lipinski definition) is 9. The van der Waals surface area contributed by atoms with Crippen LogP contribution >= 0.6 is 0 Å². The maximum Gasteiger partial charge on any atom is 0.335 e. The van der Waals surface area contributed by atoms with Crippen molar-refractivity contribution >= 4 is 26.1 Å². The summed E-state index contributed by atoms with van der Waals surface area (Å²) >= 11 is 0. The maximum atomic E-state index is 11.6. The summed E-state index contributed by atoms with van der Waals surface area (Å²) in [6, 6.07) is 0. The standard InChI is InChI=1S/C21H39NO9Si/c1-21(2,3)32(4,5)30-17-16-29-15-14-28-13-12-27-11-10-26-9-8-20(25)31-22-18(23)6-7-19(22)24/h6-17H2,1-5H3. The number of hydrogen-bond donors (Lipinski definition) is 0. The van der Waals surface area contributed by atoms with Gasteiger partial charge in [0.2, 0.25) is 0 Å². The van der Waals surface area contributed by atoms with Crippen molar-refractivity contribution < 1.29 is 42.6 Å². The van der Waals surface area contributed by atoms with Crippen LogP contribution in [0.15, 0.2) is 0 Å². The van der Waals surface area contributed by atoms with E-state index in [2.05, 4.69) is 33.9 Å². The molecule has 186 valence electrons. The Morgan fingerprint density at radius 2 is 1.19 bits per heavy atom. The summed E-state index contributed by atoms with van der Waals surface area (Å²) in [5, 5.41) is 0.725. The molecule has 1 rings (SSSR count). The summed E-state index contributed by atoms with van der Waals surface area (Å²) in [5.74, 6) is -1.68. The van der Waals surface area contributed by atoms with E-state index in [1.165, 1.54) is 0 Å². The second kappa shape index (κ2) is 14.7. The Morgan fingerprint density at radius 1 is 0.781 bits per heavy atom. The lowest BCUT2D eigenvalue weighted by molar-refractivity contribution is -0.198. The lowest BCUT2D eigenvalue weighted by atomic mass is 10.2. The van der Waals surface area contributed by atoms with Crippen molar-refractivity contribution in [2.45, 2.75) is 58.2 Å². The minimum atomic E-state index is -1.71. The predicted octanol–water partition coefficient (Wildman–Crippen LogP) is 2.07. The van der Waals surface area contributed by atoms with Gasteiger partial charge in [-0.2, -0.15) is 0 Å². The van der Waals surface area contributed by atoms with Gasteiger partial charge in [0.15, 0.2) is 8.32 Å². The van der Waals surface area contributed by atoms with Crippen LogP contribution in [-0.2, 0) is 42.6 Å².